The van der Waals surface area contributed by atoms with Gasteiger partial charge in [-0.2, -0.15) is 0 Å². The molecule has 1 rings (SSSR count). The average Bonchev–Trinajstić information content (AvgIpc) is 2.35. The van der Waals surface area contributed by atoms with E-state index in [4.69, 9.17) is 9.47 Å². The molecule has 0 aliphatic rings. The normalized spacial score (nSPS) is 11.3. The van der Waals surface area contributed by atoms with E-state index in [1.54, 1.807) is 0 Å². The third-order valence-corrected chi connectivity index (χ3v) is 3.41. The second kappa shape index (κ2) is 12.4. The Kier molecular flexibility index (Phi) is 15.4. The smallest absolute Gasteiger partial charge is 0.121 e. The Morgan fingerprint density at radius 2 is 0.963 bits per heavy atom. The number of rotatable bonds is 5. The van der Waals surface area contributed by atoms with Crippen LogP contribution in [0.25, 0.3) is 0 Å². The Morgan fingerprint density at radius 1 is 0.630 bits per heavy atom. The van der Waals surface area contributed by atoms with Crippen molar-refractivity contribution in [3.8, 4) is 0 Å². The molecule has 0 spiro atoms. The number of hydrogen-bond acceptors (Lipinski definition) is 3. The van der Waals surface area contributed by atoms with Gasteiger partial charge in [0.1, 0.15) is 13.5 Å². The monoisotopic (exact) mass is 385 g/mol. The van der Waals surface area contributed by atoms with Crippen LogP contribution in [0, 0.1) is 0 Å². The van der Waals surface area contributed by atoms with Crippen LogP contribution < -0.4 is 4.90 Å². The van der Waals surface area contributed by atoms with Gasteiger partial charge in [-0.3, -0.25) is 0 Å². The summed E-state index contributed by atoms with van der Waals surface area (Å²) in [6.07, 6.45) is 0. The molecule has 0 aromatic heterocycles. The maximum atomic E-state index is 5.95. The fraction of sp³-hybridized carbons (Fsp3) is 0.750. The van der Waals surface area contributed by atoms with Crippen molar-refractivity contribution in [1.82, 2.24) is 0 Å². The Labute approximate surface area is 172 Å². The van der Waals surface area contributed by atoms with Gasteiger partial charge in [0.25, 0.3) is 0 Å². The Hall–Kier alpha value is -1.06. The van der Waals surface area contributed by atoms with Crippen LogP contribution in [-0.4, -0.2) is 24.7 Å². The molecule has 1 aromatic rings. The van der Waals surface area contributed by atoms with Gasteiger partial charge >= 0.3 is 0 Å². The summed E-state index contributed by atoms with van der Waals surface area (Å²) in [5.74, 6) is 0. The number of nitrogens with zero attached hydrogens (tertiary/aromatic N) is 1. The minimum atomic E-state index is -0.175. The van der Waals surface area contributed by atoms with Crippen LogP contribution >= 0.6 is 0 Å². The van der Waals surface area contributed by atoms with E-state index in [1.165, 1.54) is 5.56 Å². The highest BCUT2D eigenvalue weighted by molar-refractivity contribution is 5.48. The summed E-state index contributed by atoms with van der Waals surface area (Å²) in [6.45, 7) is 20.1. The first-order valence-corrected chi connectivity index (χ1v) is 8.41. The Balaban J connectivity index is -0.000000661. The lowest BCUT2D eigenvalue weighted by atomic mass is 9.87. The molecule has 0 unspecified atom stereocenters. The van der Waals surface area contributed by atoms with Gasteiger partial charge < -0.3 is 14.4 Å². The van der Waals surface area contributed by atoms with Crippen molar-refractivity contribution < 1.29 is 9.47 Å². The third-order valence-electron chi connectivity index (χ3n) is 3.41. The van der Waals surface area contributed by atoms with E-state index in [1.807, 2.05) is 0 Å². The van der Waals surface area contributed by atoms with Gasteiger partial charge in [0.2, 0.25) is 0 Å². The molecular weight excluding hydrogens is 334 g/mol. The largest absolute Gasteiger partial charge is 0.355 e. The molecule has 0 saturated heterocycles. The lowest BCUT2D eigenvalue weighted by Crippen LogP contribution is -2.36. The van der Waals surface area contributed by atoms with Crippen molar-refractivity contribution in [2.24, 2.45) is 0 Å². The molecule has 0 heterocycles. The quantitative estimate of drug-likeness (QED) is 0.481. The minimum absolute atomic E-state index is 0. The highest BCUT2D eigenvalue weighted by Gasteiger charge is 2.18. The molecule has 0 atom stereocenters. The first-order valence-electron chi connectivity index (χ1n) is 8.41. The lowest BCUT2D eigenvalue weighted by molar-refractivity contribution is -0.0377. The predicted octanol–water partition coefficient (Wildman–Crippen LogP) is 7.88. The summed E-state index contributed by atoms with van der Waals surface area (Å²) in [5, 5.41) is 0. The van der Waals surface area contributed by atoms with Crippen molar-refractivity contribution >= 4 is 5.69 Å². The van der Waals surface area contributed by atoms with Gasteiger partial charge in [0.05, 0.1) is 11.2 Å². The van der Waals surface area contributed by atoms with Crippen molar-refractivity contribution in [3.63, 3.8) is 0 Å². The molecule has 1 aromatic carbocycles. The summed E-state index contributed by atoms with van der Waals surface area (Å²) in [7, 11) is 0. The van der Waals surface area contributed by atoms with Gasteiger partial charge in [-0.25, -0.2) is 0 Å². The van der Waals surface area contributed by atoms with E-state index < -0.39 is 0 Å². The van der Waals surface area contributed by atoms with E-state index in [0.29, 0.717) is 13.5 Å². The zero-order chi connectivity index (χ0) is 17.9. The van der Waals surface area contributed by atoms with Crippen molar-refractivity contribution in [1.29, 1.82) is 0 Å². The third kappa shape index (κ3) is 13.7. The van der Waals surface area contributed by atoms with Crippen molar-refractivity contribution in [3.05, 3.63) is 29.8 Å². The van der Waals surface area contributed by atoms with Crippen LogP contribution in [-0.2, 0) is 14.9 Å². The zero-order valence-electron chi connectivity index (χ0n) is 16.5. The number of benzene rings is 1. The van der Waals surface area contributed by atoms with E-state index >= 15 is 0 Å². The Morgan fingerprint density at radius 3 is 1.22 bits per heavy atom. The van der Waals surface area contributed by atoms with Gasteiger partial charge in [-0.15, -0.1) is 0 Å². The molecule has 0 bridgehead atoms. The number of ether oxygens (including phenoxy) is 2. The molecule has 0 fully saturated rings. The first-order chi connectivity index (χ1) is 10.3. The summed E-state index contributed by atoms with van der Waals surface area (Å²) in [6, 6.07) is 8.68. The van der Waals surface area contributed by atoms with Crippen LogP contribution in [0.15, 0.2) is 24.3 Å². The number of hydrogen-bond donors (Lipinski definition) is 0. The van der Waals surface area contributed by atoms with Crippen LogP contribution in [0.2, 0.25) is 0 Å². The summed E-state index contributed by atoms with van der Waals surface area (Å²) in [4.78, 5) is 2.13. The highest BCUT2D eigenvalue weighted by atomic mass is 16.5. The molecule has 0 N–H and O–H groups in total. The van der Waals surface area contributed by atoms with Crippen molar-refractivity contribution in [2.75, 3.05) is 18.4 Å². The van der Waals surface area contributed by atoms with Crippen LogP contribution in [0.4, 0.5) is 5.69 Å². The molecule has 3 nitrogen and oxygen atoms in total. The lowest BCUT2D eigenvalue weighted by Gasteiger charge is -2.32. The molecule has 0 radical (unpaired) electrons. The second-order valence-electron chi connectivity index (χ2n) is 9.11. The molecule has 0 aliphatic heterocycles. The second-order valence-corrected chi connectivity index (χ2v) is 9.11. The maximum absolute atomic E-state index is 5.95. The van der Waals surface area contributed by atoms with E-state index in [2.05, 4.69) is 91.5 Å². The first kappa shape index (κ1) is 33.5. The van der Waals surface area contributed by atoms with E-state index in [-0.39, 0.29) is 46.3 Å². The standard InChI is InChI=1S/C20H35NO2.4CH4/c1-18(2,3)16-10-12-17(13-11-16)21(14-22-19(4,5)6)15-23-20(7,8)9;;;;/h10-13H,14-15H2,1-9H3;4*1H4. The molecule has 164 valence electrons. The van der Waals surface area contributed by atoms with Gasteiger partial charge in [0, 0.05) is 5.69 Å². The fourth-order valence-electron chi connectivity index (χ4n) is 1.90. The van der Waals surface area contributed by atoms with Crippen LogP contribution in [0.5, 0.6) is 0 Å². The van der Waals surface area contributed by atoms with Gasteiger partial charge in [-0.1, -0.05) is 62.6 Å². The van der Waals surface area contributed by atoms with Crippen molar-refractivity contribution in [2.45, 2.75) is 109 Å². The fourth-order valence-corrected chi connectivity index (χ4v) is 1.90. The van der Waals surface area contributed by atoms with Crippen LogP contribution in [0.1, 0.15) is 97.6 Å². The average molecular weight is 386 g/mol. The van der Waals surface area contributed by atoms with Crippen LogP contribution in [0.3, 0.4) is 0 Å². The van der Waals surface area contributed by atoms with Gasteiger partial charge in [-0.05, 0) is 64.7 Å². The van der Waals surface area contributed by atoms with E-state index in [9.17, 15) is 0 Å². The summed E-state index contributed by atoms with van der Waals surface area (Å²) in [5.41, 5.74) is 2.25. The maximum Gasteiger partial charge on any atom is 0.121 e. The molecule has 0 aliphatic carbocycles. The number of anilines is 1. The topological polar surface area (TPSA) is 21.7 Å². The molecule has 0 amide bonds. The highest BCUT2D eigenvalue weighted by Crippen LogP contribution is 2.25. The van der Waals surface area contributed by atoms with Gasteiger partial charge in [0.15, 0.2) is 0 Å². The molecule has 3 heteroatoms. The molecule has 27 heavy (non-hydrogen) atoms. The summed E-state index contributed by atoms with van der Waals surface area (Å²) >= 11 is 0. The zero-order valence-corrected chi connectivity index (χ0v) is 16.5. The Bertz CT molecular complexity index is 455. The summed E-state index contributed by atoms with van der Waals surface area (Å²) < 4.78 is 11.9. The molecule has 0 saturated carbocycles. The van der Waals surface area contributed by atoms with E-state index in [0.717, 1.165) is 5.69 Å². The predicted molar refractivity (Wildman–Crippen MR) is 126 cm³/mol. The minimum Gasteiger partial charge on any atom is -0.355 e. The SMILES string of the molecule is C.C.C.C.CC(C)(C)OCN(COC(C)(C)C)c1ccc(C(C)(C)C)cc1. The molecular formula is C24H51NO2.